The molecule has 3 rings (SSSR count). The summed E-state index contributed by atoms with van der Waals surface area (Å²) < 4.78 is 6.02. The van der Waals surface area contributed by atoms with Crippen molar-refractivity contribution in [3.63, 3.8) is 0 Å². The summed E-state index contributed by atoms with van der Waals surface area (Å²) in [6, 6.07) is 17.3. The van der Waals surface area contributed by atoms with E-state index in [0.717, 1.165) is 11.1 Å². The topological polar surface area (TPSA) is 26.3 Å². The Morgan fingerprint density at radius 2 is 1.62 bits per heavy atom. The molecule has 2 nitrogen and oxygen atoms in total. The zero-order valence-electron chi connectivity index (χ0n) is 15.7. The molecule has 3 unspecified atom stereocenters. The first kappa shape index (κ1) is 18.7. The summed E-state index contributed by atoms with van der Waals surface area (Å²) in [5, 5.41) is 0.666. The molecule has 2 aromatic carbocycles. The molecule has 0 spiro atoms. The van der Waals surface area contributed by atoms with Gasteiger partial charge in [-0.25, -0.2) is 0 Å². The van der Waals surface area contributed by atoms with Gasteiger partial charge in [-0.1, -0.05) is 79.6 Å². The van der Waals surface area contributed by atoms with Gasteiger partial charge in [0.15, 0.2) is 6.10 Å². The molecule has 26 heavy (non-hydrogen) atoms. The fourth-order valence-corrected chi connectivity index (χ4v) is 3.71. The van der Waals surface area contributed by atoms with Gasteiger partial charge in [-0.15, -0.1) is 0 Å². The fourth-order valence-electron chi connectivity index (χ4n) is 3.58. The molecule has 0 radical (unpaired) electrons. The maximum absolute atomic E-state index is 13.0. The monoisotopic (exact) mass is 368 g/mol. The number of benzene rings is 2. The lowest BCUT2D eigenvalue weighted by Crippen LogP contribution is -2.16. The van der Waals surface area contributed by atoms with E-state index >= 15 is 0 Å². The van der Waals surface area contributed by atoms with E-state index in [1.807, 2.05) is 54.6 Å². The van der Waals surface area contributed by atoms with Crippen LogP contribution >= 0.6 is 11.6 Å². The van der Waals surface area contributed by atoms with Crippen LogP contribution in [0.15, 0.2) is 66.2 Å². The Morgan fingerprint density at radius 3 is 2.19 bits per heavy atom. The maximum Gasteiger partial charge on any atom is 0.311 e. The van der Waals surface area contributed by atoms with Crippen molar-refractivity contribution in [2.45, 2.75) is 33.8 Å². The third kappa shape index (κ3) is 3.86. The lowest BCUT2D eigenvalue weighted by atomic mass is 10.0. The van der Waals surface area contributed by atoms with E-state index in [4.69, 9.17) is 16.3 Å². The van der Waals surface area contributed by atoms with Crippen LogP contribution in [0.25, 0.3) is 0 Å². The lowest BCUT2D eigenvalue weighted by Gasteiger charge is -2.19. The number of halogens is 1. The minimum Gasteiger partial charge on any atom is -0.452 e. The van der Waals surface area contributed by atoms with E-state index < -0.39 is 6.10 Å². The predicted molar refractivity (Wildman–Crippen MR) is 106 cm³/mol. The SMILES string of the molecule is CC(C)=CC1C(C(=O)OC(c2ccccc2)c2ccc(Cl)cc2)C1(C)C. The standard InChI is InChI=1S/C23H25ClO2/c1-15(2)14-19-20(23(19,3)4)22(25)26-21(16-8-6-5-7-9-16)17-10-12-18(24)13-11-17/h5-14,19-21H,1-4H3. The molecule has 1 aliphatic carbocycles. The number of ether oxygens (including phenoxy) is 1. The summed E-state index contributed by atoms with van der Waals surface area (Å²) in [5.74, 6) is -0.00106. The number of hydrogen-bond donors (Lipinski definition) is 0. The van der Waals surface area contributed by atoms with Gasteiger partial charge in [0.05, 0.1) is 5.92 Å². The van der Waals surface area contributed by atoms with Crippen LogP contribution < -0.4 is 0 Å². The summed E-state index contributed by atoms with van der Waals surface area (Å²) >= 11 is 6.02. The van der Waals surface area contributed by atoms with Crippen LogP contribution in [0, 0.1) is 17.3 Å². The van der Waals surface area contributed by atoms with Crippen molar-refractivity contribution < 1.29 is 9.53 Å². The Bertz CT molecular complexity index is 802. The van der Waals surface area contributed by atoms with E-state index in [0.29, 0.717) is 5.02 Å². The van der Waals surface area contributed by atoms with Crippen molar-refractivity contribution in [3.8, 4) is 0 Å². The van der Waals surface area contributed by atoms with Crippen LogP contribution in [-0.2, 0) is 9.53 Å². The Balaban J connectivity index is 1.86. The number of allylic oxidation sites excluding steroid dienone is 2. The molecule has 2 aromatic rings. The van der Waals surface area contributed by atoms with Crippen LogP contribution in [0.5, 0.6) is 0 Å². The van der Waals surface area contributed by atoms with Crippen molar-refractivity contribution >= 4 is 17.6 Å². The molecule has 0 heterocycles. The molecule has 1 saturated carbocycles. The second-order valence-electron chi connectivity index (χ2n) is 7.85. The molecule has 3 heteroatoms. The van der Waals surface area contributed by atoms with E-state index in [-0.39, 0.29) is 23.2 Å². The van der Waals surface area contributed by atoms with Crippen molar-refractivity contribution in [3.05, 3.63) is 82.4 Å². The van der Waals surface area contributed by atoms with Crippen molar-refractivity contribution in [2.24, 2.45) is 17.3 Å². The van der Waals surface area contributed by atoms with Gasteiger partial charge in [-0.2, -0.15) is 0 Å². The van der Waals surface area contributed by atoms with Crippen molar-refractivity contribution in [1.29, 1.82) is 0 Å². The van der Waals surface area contributed by atoms with Gasteiger partial charge in [0.2, 0.25) is 0 Å². The number of rotatable bonds is 5. The highest BCUT2D eigenvalue weighted by molar-refractivity contribution is 6.30. The molecule has 0 N–H and O–H groups in total. The molecular formula is C23H25ClO2. The molecule has 3 atom stereocenters. The first-order chi connectivity index (χ1) is 12.3. The number of carbonyl (C=O) groups is 1. The Kier molecular flexibility index (Phi) is 5.24. The predicted octanol–water partition coefficient (Wildman–Crippen LogP) is 6.21. The highest BCUT2D eigenvalue weighted by Gasteiger charge is 2.61. The quantitative estimate of drug-likeness (QED) is 0.463. The van der Waals surface area contributed by atoms with Crippen LogP contribution in [0.2, 0.25) is 5.02 Å². The first-order valence-corrected chi connectivity index (χ1v) is 9.34. The Morgan fingerprint density at radius 1 is 1.04 bits per heavy atom. The third-order valence-electron chi connectivity index (χ3n) is 5.19. The highest BCUT2D eigenvalue weighted by atomic mass is 35.5. The highest BCUT2D eigenvalue weighted by Crippen LogP contribution is 2.60. The molecule has 0 amide bonds. The van der Waals surface area contributed by atoms with Crippen molar-refractivity contribution in [1.82, 2.24) is 0 Å². The van der Waals surface area contributed by atoms with Crippen molar-refractivity contribution in [2.75, 3.05) is 0 Å². The van der Waals surface area contributed by atoms with Gasteiger partial charge >= 0.3 is 5.97 Å². The van der Waals surface area contributed by atoms with Crippen LogP contribution in [0.4, 0.5) is 0 Å². The average Bonchev–Trinajstić information content (AvgIpc) is 3.14. The van der Waals surface area contributed by atoms with E-state index in [2.05, 4.69) is 33.8 Å². The second kappa shape index (κ2) is 7.28. The Labute approximate surface area is 160 Å². The van der Waals surface area contributed by atoms with Crippen LogP contribution in [-0.4, -0.2) is 5.97 Å². The molecule has 0 saturated heterocycles. The lowest BCUT2D eigenvalue weighted by molar-refractivity contribution is -0.150. The van der Waals surface area contributed by atoms with Crippen LogP contribution in [0.3, 0.4) is 0 Å². The third-order valence-corrected chi connectivity index (χ3v) is 5.44. The van der Waals surface area contributed by atoms with Gasteiger partial charge in [0.1, 0.15) is 0 Å². The molecule has 1 fully saturated rings. The minimum atomic E-state index is -0.426. The van der Waals surface area contributed by atoms with E-state index in [9.17, 15) is 4.79 Å². The molecule has 1 aliphatic rings. The van der Waals surface area contributed by atoms with E-state index in [1.165, 1.54) is 5.57 Å². The first-order valence-electron chi connectivity index (χ1n) is 8.96. The number of carbonyl (C=O) groups excluding carboxylic acids is 1. The van der Waals surface area contributed by atoms with Gasteiger partial charge in [-0.05, 0) is 48.4 Å². The molecule has 0 bridgehead atoms. The summed E-state index contributed by atoms with van der Waals surface area (Å²) in [5.41, 5.74) is 3.05. The second-order valence-corrected chi connectivity index (χ2v) is 8.28. The van der Waals surface area contributed by atoms with Crippen LogP contribution in [0.1, 0.15) is 44.9 Å². The minimum absolute atomic E-state index is 0.0599. The fraction of sp³-hybridized carbons (Fsp3) is 0.348. The number of esters is 1. The van der Waals surface area contributed by atoms with Gasteiger partial charge in [0.25, 0.3) is 0 Å². The van der Waals surface area contributed by atoms with E-state index in [1.54, 1.807) is 0 Å². The normalized spacial score (nSPS) is 21.6. The Hall–Kier alpha value is -2.06. The zero-order valence-corrected chi connectivity index (χ0v) is 16.5. The largest absolute Gasteiger partial charge is 0.452 e. The van der Waals surface area contributed by atoms with Gasteiger partial charge < -0.3 is 4.74 Å². The summed E-state index contributed by atoms with van der Waals surface area (Å²) in [6.07, 6.45) is 1.76. The smallest absolute Gasteiger partial charge is 0.311 e. The summed E-state index contributed by atoms with van der Waals surface area (Å²) in [7, 11) is 0. The average molecular weight is 369 g/mol. The van der Waals surface area contributed by atoms with Gasteiger partial charge in [-0.3, -0.25) is 4.79 Å². The zero-order chi connectivity index (χ0) is 18.9. The summed E-state index contributed by atoms with van der Waals surface area (Å²) in [6.45, 7) is 8.39. The molecule has 0 aromatic heterocycles. The number of hydrogen-bond acceptors (Lipinski definition) is 2. The molecule has 0 aliphatic heterocycles. The molecule has 136 valence electrons. The van der Waals surface area contributed by atoms with Gasteiger partial charge in [0, 0.05) is 5.02 Å². The maximum atomic E-state index is 13.0. The summed E-state index contributed by atoms with van der Waals surface area (Å²) in [4.78, 5) is 13.0. The molecular weight excluding hydrogens is 344 g/mol.